The minimum atomic E-state index is -0.475. The first-order valence-electron chi connectivity index (χ1n) is 9.75. The van der Waals surface area contributed by atoms with Crippen LogP contribution >= 0.6 is 11.6 Å². The number of amides is 2. The Hall–Kier alpha value is -3.44. The molecular formula is C25H20ClFN2O2. The topological polar surface area (TPSA) is 49.4 Å². The number of aryl methyl sites for hydroxylation is 3. The molecule has 3 aromatic rings. The van der Waals surface area contributed by atoms with Gasteiger partial charge in [-0.25, -0.2) is 9.29 Å². The highest BCUT2D eigenvalue weighted by molar-refractivity contribution is 6.46. The van der Waals surface area contributed by atoms with Gasteiger partial charge in [0.25, 0.3) is 11.8 Å². The van der Waals surface area contributed by atoms with Gasteiger partial charge >= 0.3 is 0 Å². The van der Waals surface area contributed by atoms with Crippen molar-refractivity contribution in [3.63, 3.8) is 0 Å². The van der Waals surface area contributed by atoms with Crippen LogP contribution in [0.3, 0.4) is 0 Å². The Morgan fingerprint density at radius 3 is 2.23 bits per heavy atom. The third kappa shape index (κ3) is 3.84. The molecule has 0 radical (unpaired) electrons. The first-order valence-corrected chi connectivity index (χ1v) is 10.1. The predicted molar refractivity (Wildman–Crippen MR) is 122 cm³/mol. The fourth-order valence-electron chi connectivity index (χ4n) is 3.57. The zero-order valence-electron chi connectivity index (χ0n) is 17.3. The van der Waals surface area contributed by atoms with Crippen molar-refractivity contribution in [2.45, 2.75) is 20.8 Å². The minimum absolute atomic E-state index is 0.128. The van der Waals surface area contributed by atoms with Crippen LogP contribution in [0.2, 0.25) is 5.02 Å². The Morgan fingerprint density at radius 1 is 0.839 bits per heavy atom. The molecule has 3 aromatic carbocycles. The number of benzene rings is 3. The molecule has 0 aliphatic carbocycles. The maximum absolute atomic E-state index is 13.5. The molecular weight excluding hydrogens is 415 g/mol. The first-order chi connectivity index (χ1) is 14.8. The molecule has 4 rings (SSSR count). The van der Waals surface area contributed by atoms with Crippen molar-refractivity contribution in [3.05, 3.63) is 99.5 Å². The number of hydrogen-bond acceptors (Lipinski definition) is 3. The Labute approximate surface area is 185 Å². The van der Waals surface area contributed by atoms with Crippen LogP contribution in [0.15, 0.2) is 66.4 Å². The fourth-order valence-corrected chi connectivity index (χ4v) is 3.74. The van der Waals surface area contributed by atoms with Gasteiger partial charge in [0.1, 0.15) is 11.5 Å². The molecule has 156 valence electrons. The molecule has 4 nitrogen and oxygen atoms in total. The Kier molecular flexibility index (Phi) is 5.38. The fraction of sp³-hybridized carbons (Fsp3) is 0.120. The van der Waals surface area contributed by atoms with Gasteiger partial charge in [-0.05, 0) is 73.4 Å². The third-order valence-corrected chi connectivity index (χ3v) is 5.52. The number of imide groups is 1. The van der Waals surface area contributed by atoms with Crippen molar-refractivity contribution in [2.24, 2.45) is 0 Å². The second-order valence-electron chi connectivity index (χ2n) is 7.58. The van der Waals surface area contributed by atoms with E-state index < -0.39 is 17.6 Å². The van der Waals surface area contributed by atoms with Crippen LogP contribution in [-0.4, -0.2) is 11.8 Å². The normalized spacial score (nSPS) is 13.9. The zero-order chi connectivity index (χ0) is 22.3. The molecule has 0 spiro atoms. The largest absolute Gasteiger partial charge is 0.350 e. The van der Waals surface area contributed by atoms with Crippen LogP contribution < -0.4 is 10.2 Å². The van der Waals surface area contributed by atoms with E-state index in [-0.39, 0.29) is 11.3 Å². The van der Waals surface area contributed by atoms with Gasteiger partial charge in [-0.3, -0.25) is 9.59 Å². The Morgan fingerprint density at radius 2 is 1.52 bits per heavy atom. The highest BCUT2D eigenvalue weighted by atomic mass is 35.5. The number of rotatable bonds is 4. The molecule has 1 aliphatic rings. The minimum Gasteiger partial charge on any atom is -0.350 e. The van der Waals surface area contributed by atoms with Crippen LogP contribution in [0.4, 0.5) is 15.8 Å². The summed E-state index contributed by atoms with van der Waals surface area (Å²) in [7, 11) is 0. The second kappa shape index (κ2) is 8.00. The van der Waals surface area contributed by atoms with Crippen molar-refractivity contribution >= 4 is 40.4 Å². The molecule has 1 N–H and O–H groups in total. The van der Waals surface area contributed by atoms with Crippen LogP contribution in [-0.2, 0) is 9.59 Å². The number of carbonyl (C=O) groups is 2. The van der Waals surface area contributed by atoms with Gasteiger partial charge in [-0.1, -0.05) is 41.9 Å². The lowest BCUT2D eigenvalue weighted by Crippen LogP contribution is -2.33. The van der Waals surface area contributed by atoms with Crippen molar-refractivity contribution in [3.8, 4) is 0 Å². The number of nitrogens with one attached hydrogen (secondary N) is 1. The van der Waals surface area contributed by atoms with Gasteiger partial charge in [0.15, 0.2) is 0 Å². The number of anilines is 2. The summed E-state index contributed by atoms with van der Waals surface area (Å²) in [6, 6.07) is 16.4. The van der Waals surface area contributed by atoms with Crippen LogP contribution in [0.1, 0.15) is 22.3 Å². The summed E-state index contributed by atoms with van der Waals surface area (Å²) >= 11 is 6.14. The monoisotopic (exact) mass is 434 g/mol. The smallest absolute Gasteiger partial charge is 0.282 e. The summed E-state index contributed by atoms with van der Waals surface area (Å²) in [5, 5.41) is 3.62. The average Bonchev–Trinajstić information content (AvgIpc) is 2.97. The van der Waals surface area contributed by atoms with Crippen molar-refractivity contribution in [2.75, 3.05) is 10.2 Å². The summed E-state index contributed by atoms with van der Waals surface area (Å²) in [6.45, 7) is 5.62. The maximum atomic E-state index is 13.5. The van der Waals surface area contributed by atoms with Crippen molar-refractivity contribution in [1.29, 1.82) is 0 Å². The summed E-state index contributed by atoms with van der Waals surface area (Å²) in [5.74, 6) is -1.36. The van der Waals surface area contributed by atoms with Gasteiger partial charge in [-0.2, -0.15) is 0 Å². The van der Waals surface area contributed by atoms with Crippen LogP contribution in [0, 0.1) is 26.6 Å². The van der Waals surface area contributed by atoms with Crippen LogP contribution in [0.25, 0.3) is 5.57 Å². The van der Waals surface area contributed by atoms with E-state index in [2.05, 4.69) is 5.32 Å². The lowest BCUT2D eigenvalue weighted by molar-refractivity contribution is -0.120. The Bertz CT molecular complexity index is 1250. The van der Waals surface area contributed by atoms with E-state index >= 15 is 0 Å². The lowest BCUT2D eigenvalue weighted by atomic mass is 10.0. The highest BCUT2D eigenvalue weighted by Gasteiger charge is 2.41. The first kappa shape index (κ1) is 20.8. The number of hydrogen-bond donors (Lipinski definition) is 1. The van der Waals surface area contributed by atoms with E-state index in [4.69, 9.17) is 11.6 Å². The number of halogens is 2. The van der Waals surface area contributed by atoms with Gasteiger partial charge in [0.05, 0.1) is 11.3 Å². The summed E-state index contributed by atoms with van der Waals surface area (Å²) in [5.41, 5.74) is 4.49. The molecule has 0 unspecified atom stereocenters. The maximum Gasteiger partial charge on any atom is 0.282 e. The molecule has 0 saturated heterocycles. The highest BCUT2D eigenvalue weighted by Crippen LogP contribution is 2.36. The van der Waals surface area contributed by atoms with E-state index in [0.29, 0.717) is 22.0 Å². The van der Waals surface area contributed by atoms with Gasteiger partial charge < -0.3 is 5.32 Å². The molecule has 31 heavy (non-hydrogen) atoms. The van der Waals surface area contributed by atoms with Crippen LogP contribution in [0.5, 0.6) is 0 Å². The van der Waals surface area contributed by atoms with Crippen molar-refractivity contribution < 1.29 is 14.0 Å². The molecule has 0 saturated carbocycles. The molecule has 2 amide bonds. The average molecular weight is 435 g/mol. The molecule has 0 fully saturated rings. The standard InChI is InChI=1S/C25H20ClFN2O2/c1-14-4-5-16(3)21(12-14)29-24(30)22(17-7-10-19(27)11-8-17)23(25(29)31)28-20-13-18(26)9-6-15(20)2/h4-13,28H,1-3H3. The second-order valence-corrected chi connectivity index (χ2v) is 8.01. The molecule has 0 bridgehead atoms. The van der Waals surface area contributed by atoms with E-state index in [9.17, 15) is 14.0 Å². The number of nitrogens with zero attached hydrogens (tertiary/aromatic N) is 1. The molecule has 0 atom stereocenters. The van der Waals surface area contributed by atoms with E-state index in [1.807, 2.05) is 39.0 Å². The summed E-state index contributed by atoms with van der Waals surface area (Å²) < 4.78 is 13.5. The molecule has 1 heterocycles. The van der Waals surface area contributed by atoms with Gasteiger partial charge in [0.2, 0.25) is 0 Å². The zero-order valence-corrected chi connectivity index (χ0v) is 18.0. The summed E-state index contributed by atoms with van der Waals surface area (Å²) in [4.78, 5) is 28.2. The Balaban J connectivity index is 1.88. The summed E-state index contributed by atoms with van der Waals surface area (Å²) in [6.07, 6.45) is 0. The van der Waals surface area contributed by atoms with Gasteiger partial charge in [-0.15, -0.1) is 0 Å². The van der Waals surface area contributed by atoms with E-state index in [0.717, 1.165) is 16.7 Å². The third-order valence-electron chi connectivity index (χ3n) is 5.28. The number of carbonyl (C=O) groups excluding carboxylic acids is 2. The van der Waals surface area contributed by atoms with E-state index in [1.54, 1.807) is 18.2 Å². The molecule has 6 heteroatoms. The predicted octanol–water partition coefficient (Wildman–Crippen LogP) is 5.80. The van der Waals surface area contributed by atoms with Crippen molar-refractivity contribution in [1.82, 2.24) is 0 Å². The molecule has 0 aromatic heterocycles. The lowest BCUT2D eigenvalue weighted by Gasteiger charge is -2.18. The SMILES string of the molecule is Cc1ccc(C)c(N2C(=O)C(Nc3cc(Cl)ccc3C)=C(c3ccc(F)cc3)C2=O)c1. The molecule has 1 aliphatic heterocycles. The quantitative estimate of drug-likeness (QED) is 0.528. The van der Waals surface area contributed by atoms with Gasteiger partial charge in [0, 0.05) is 10.7 Å². The van der Waals surface area contributed by atoms with E-state index in [1.165, 1.54) is 29.2 Å².